The number of hydrogen-bond donors (Lipinski definition) is 2. The SMILES string of the molecule is CC1(C)CCCC(CO)(CO)C1(C)C. The molecule has 0 amide bonds. The Hall–Kier alpha value is -0.0800. The van der Waals surface area contributed by atoms with Gasteiger partial charge < -0.3 is 10.2 Å². The van der Waals surface area contributed by atoms with Gasteiger partial charge in [-0.3, -0.25) is 0 Å². The summed E-state index contributed by atoms with van der Waals surface area (Å²) < 4.78 is 0. The van der Waals surface area contributed by atoms with Crippen LogP contribution in [-0.4, -0.2) is 23.4 Å². The van der Waals surface area contributed by atoms with E-state index >= 15 is 0 Å². The summed E-state index contributed by atoms with van der Waals surface area (Å²) in [7, 11) is 0. The molecule has 0 radical (unpaired) electrons. The third kappa shape index (κ3) is 1.40. The Kier molecular flexibility index (Phi) is 2.99. The zero-order valence-corrected chi connectivity index (χ0v) is 9.93. The van der Waals surface area contributed by atoms with Crippen molar-refractivity contribution in [1.82, 2.24) is 0 Å². The Morgan fingerprint density at radius 1 is 0.929 bits per heavy atom. The average Bonchev–Trinajstić information content (AvgIpc) is 2.10. The molecule has 1 aliphatic rings. The van der Waals surface area contributed by atoms with Crippen LogP contribution in [0.5, 0.6) is 0 Å². The van der Waals surface area contributed by atoms with Gasteiger partial charge in [0.25, 0.3) is 0 Å². The zero-order valence-electron chi connectivity index (χ0n) is 9.93. The number of aliphatic hydroxyl groups excluding tert-OH is 2. The highest BCUT2D eigenvalue weighted by molar-refractivity contribution is 5.03. The van der Waals surface area contributed by atoms with Crippen molar-refractivity contribution in [2.24, 2.45) is 16.2 Å². The van der Waals surface area contributed by atoms with Crippen molar-refractivity contribution in [3.05, 3.63) is 0 Å². The van der Waals surface area contributed by atoms with Gasteiger partial charge in [0.15, 0.2) is 0 Å². The summed E-state index contributed by atoms with van der Waals surface area (Å²) in [5.41, 5.74) is -0.118. The largest absolute Gasteiger partial charge is 0.396 e. The summed E-state index contributed by atoms with van der Waals surface area (Å²) in [4.78, 5) is 0. The maximum Gasteiger partial charge on any atom is 0.0514 e. The van der Waals surface area contributed by atoms with Crippen molar-refractivity contribution in [2.75, 3.05) is 13.2 Å². The van der Waals surface area contributed by atoms with E-state index in [0.717, 1.165) is 12.8 Å². The van der Waals surface area contributed by atoms with Crippen molar-refractivity contribution >= 4 is 0 Å². The third-order valence-electron chi connectivity index (χ3n) is 5.08. The van der Waals surface area contributed by atoms with E-state index in [1.54, 1.807) is 0 Å². The first kappa shape index (κ1) is 12.0. The molecule has 0 heterocycles. The van der Waals surface area contributed by atoms with Gasteiger partial charge in [0.05, 0.1) is 13.2 Å². The highest BCUT2D eigenvalue weighted by Crippen LogP contribution is 2.59. The molecule has 2 heteroatoms. The summed E-state index contributed by atoms with van der Waals surface area (Å²) in [6, 6.07) is 0. The molecule has 2 N–H and O–H groups in total. The third-order valence-corrected chi connectivity index (χ3v) is 5.08. The van der Waals surface area contributed by atoms with Crippen LogP contribution in [-0.2, 0) is 0 Å². The molecule has 1 saturated carbocycles. The molecule has 84 valence electrons. The Morgan fingerprint density at radius 3 is 1.79 bits per heavy atom. The first-order valence-corrected chi connectivity index (χ1v) is 5.55. The summed E-state index contributed by atoms with van der Waals surface area (Å²) in [5, 5.41) is 19.1. The maximum absolute atomic E-state index is 9.55. The summed E-state index contributed by atoms with van der Waals surface area (Å²) >= 11 is 0. The monoisotopic (exact) mass is 200 g/mol. The van der Waals surface area contributed by atoms with Crippen molar-refractivity contribution < 1.29 is 10.2 Å². The molecule has 2 nitrogen and oxygen atoms in total. The fraction of sp³-hybridized carbons (Fsp3) is 1.00. The quantitative estimate of drug-likeness (QED) is 0.717. The van der Waals surface area contributed by atoms with Crippen LogP contribution in [0.4, 0.5) is 0 Å². The molecule has 0 saturated heterocycles. The van der Waals surface area contributed by atoms with E-state index in [9.17, 15) is 10.2 Å². The first-order chi connectivity index (χ1) is 6.33. The minimum Gasteiger partial charge on any atom is -0.396 e. The van der Waals surface area contributed by atoms with Gasteiger partial charge in [-0.25, -0.2) is 0 Å². The van der Waals surface area contributed by atoms with Crippen molar-refractivity contribution in [2.45, 2.75) is 47.0 Å². The van der Waals surface area contributed by atoms with Crippen LogP contribution in [0, 0.1) is 16.2 Å². The molecule has 0 spiro atoms. The maximum atomic E-state index is 9.55. The second kappa shape index (κ2) is 3.49. The Bertz CT molecular complexity index is 202. The fourth-order valence-corrected chi connectivity index (χ4v) is 2.81. The highest BCUT2D eigenvalue weighted by Gasteiger charge is 2.54. The molecule has 1 rings (SSSR count). The van der Waals surface area contributed by atoms with E-state index in [2.05, 4.69) is 27.7 Å². The van der Waals surface area contributed by atoms with E-state index in [1.165, 1.54) is 6.42 Å². The molecule has 0 unspecified atom stereocenters. The fourth-order valence-electron chi connectivity index (χ4n) is 2.81. The lowest BCUT2D eigenvalue weighted by Gasteiger charge is -2.57. The predicted octanol–water partition coefficient (Wildman–Crippen LogP) is 2.19. The van der Waals surface area contributed by atoms with Gasteiger partial charge >= 0.3 is 0 Å². The molecule has 1 fully saturated rings. The molecular weight excluding hydrogens is 176 g/mol. The van der Waals surface area contributed by atoms with Crippen LogP contribution in [0.2, 0.25) is 0 Å². The van der Waals surface area contributed by atoms with E-state index in [4.69, 9.17) is 0 Å². The van der Waals surface area contributed by atoms with E-state index < -0.39 is 0 Å². The number of hydrogen-bond acceptors (Lipinski definition) is 2. The number of rotatable bonds is 2. The lowest BCUT2D eigenvalue weighted by molar-refractivity contribution is -0.137. The molecule has 0 aromatic rings. The van der Waals surface area contributed by atoms with Gasteiger partial charge in [-0.15, -0.1) is 0 Å². The summed E-state index contributed by atoms with van der Waals surface area (Å²) in [5.74, 6) is 0. The molecule has 0 aromatic carbocycles. The molecule has 1 aliphatic carbocycles. The van der Waals surface area contributed by atoms with Crippen molar-refractivity contribution in [3.63, 3.8) is 0 Å². The summed E-state index contributed by atoms with van der Waals surface area (Å²) in [6.45, 7) is 9.04. The van der Waals surface area contributed by atoms with Crippen LogP contribution in [0.3, 0.4) is 0 Å². The number of aliphatic hydroxyl groups is 2. The predicted molar refractivity (Wildman–Crippen MR) is 58.0 cm³/mol. The van der Waals surface area contributed by atoms with Gasteiger partial charge in [0.1, 0.15) is 0 Å². The van der Waals surface area contributed by atoms with Gasteiger partial charge in [0.2, 0.25) is 0 Å². The topological polar surface area (TPSA) is 40.5 Å². The first-order valence-electron chi connectivity index (χ1n) is 5.55. The van der Waals surface area contributed by atoms with E-state index in [-0.39, 0.29) is 29.5 Å². The van der Waals surface area contributed by atoms with Crippen LogP contribution >= 0.6 is 0 Å². The minimum absolute atomic E-state index is 0.0122. The van der Waals surface area contributed by atoms with Gasteiger partial charge in [0, 0.05) is 5.41 Å². The second-order valence-electron chi connectivity index (χ2n) is 5.96. The Morgan fingerprint density at radius 2 is 1.43 bits per heavy atom. The van der Waals surface area contributed by atoms with E-state index in [0.29, 0.717) is 0 Å². The van der Waals surface area contributed by atoms with Gasteiger partial charge in [-0.1, -0.05) is 34.1 Å². The molecular formula is C12H24O2. The van der Waals surface area contributed by atoms with Crippen LogP contribution in [0.15, 0.2) is 0 Å². The van der Waals surface area contributed by atoms with Gasteiger partial charge in [-0.05, 0) is 23.7 Å². The molecule has 0 atom stereocenters. The highest BCUT2D eigenvalue weighted by atomic mass is 16.3. The van der Waals surface area contributed by atoms with Crippen LogP contribution in [0.1, 0.15) is 47.0 Å². The average molecular weight is 200 g/mol. The molecule has 0 bridgehead atoms. The molecule has 0 aliphatic heterocycles. The zero-order chi connectivity index (χ0) is 11.0. The van der Waals surface area contributed by atoms with Gasteiger partial charge in [-0.2, -0.15) is 0 Å². The van der Waals surface area contributed by atoms with E-state index in [1.807, 2.05) is 0 Å². The standard InChI is InChI=1S/C12H24O2/c1-10(2)6-5-7-12(8-13,9-14)11(10,3)4/h13-14H,5-9H2,1-4H3. The normalized spacial score (nSPS) is 28.7. The lowest BCUT2D eigenvalue weighted by Crippen LogP contribution is -2.54. The summed E-state index contributed by atoms with van der Waals surface area (Å²) in [6.07, 6.45) is 3.23. The Balaban J connectivity index is 3.07. The smallest absolute Gasteiger partial charge is 0.0514 e. The minimum atomic E-state index is -0.297. The lowest BCUT2D eigenvalue weighted by atomic mass is 9.48. The van der Waals surface area contributed by atoms with Crippen LogP contribution in [0.25, 0.3) is 0 Å². The van der Waals surface area contributed by atoms with Crippen molar-refractivity contribution in [1.29, 1.82) is 0 Å². The second-order valence-corrected chi connectivity index (χ2v) is 5.96. The van der Waals surface area contributed by atoms with Crippen molar-refractivity contribution in [3.8, 4) is 0 Å². The Labute approximate surface area is 87.3 Å². The molecule has 0 aromatic heterocycles. The molecule has 14 heavy (non-hydrogen) atoms. The van der Waals surface area contributed by atoms with Crippen LogP contribution < -0.4 is 0 Å².